The highest BCUT2D eigenvalue weighted by Crippen LogP contribution is 2.20. The Hall–Kier alpha value is -1.59. The molecule has 150 valence electrons. The van der Waals surface area contributed by atoms with Crippen LogP contribution in [0.3, 0.4) is 0 Å². The van der Waals surface area contributed by atoms with Crippen LogP contribution >= 0.6 is 0 Å². The van der Waals surface area contributed by atoms with Crippen LogP contribution in [-0.4, -0.2) is 79.1 Å². The first-order chi connectivity index (χ1) is 13.0. The number of carbonyl (C=O) groups excluding carboxylic acids is 1. The molecule has 3 rings (SSSR count). The number of amides is 2. The van der Waals surface area contributed by atoms with Crippen molar-refractivity contribution in [2.45, 2.75) is 57.2 Å². The van der Waals surface area contributed by atoms with Crippen LogP contribution in [-0.2, 0) is 6.42 Å². The van der Waals surface area contributed by atoms with Crippen molar-refractivity contribution in [1.29, 1.82) is 0 Å². The summed E-state index contributed by atoms with van der Waals surface area (Å²) in [6, 6.07) is 12.0. The first-order valence-corrected chi connectivity index (χ1v) is 10.5. The monoisotopic (exact) mass is 372 g/mol. The third-order valence-electron chi connectivity index (χ3n) is 6.52. The summed E-state index contributed by atoms with van der Waals surface area (Å²) in [6.45, 7) is 6.59. The van der Waals surface area contributed by atoms with Gasteiger partial charge in [0.25, 0.3) is 0 Å². The van der Waals surface area contributed by atoms with E-state index in [9.17, 15) is 4.79 Å². The maximum Gasteiger partial charge on any atom is 0.317 e. The van der Waals surface area contributed by atoms with Crippen molar-refractivity contribution < 1.29 is 4.79 Å². The van der Waals surface area contributed by atoms with Gasteiger partial charge in [0, 0.05) is 51.4 Å². The standard InChI is InChI=1S/C22H36N4O/c1-18-17-21(12-13-24(18)2)25(3)22(27)23-20-10-15-26(16-11-20)14-9-19-7-5-4-6-8-19/h4-8,18,20-21H,9-17H2,1-3H3,(H,23,27). The zero-order chi connectivity index (χ0) is 19.2. The fourth-order valence-electron chi connectivity index (χ4n) is 4.29. The first kappa shape index (κ1) is 20.2. The molecule has 27 heavy (non-hydrogen) atoms. The summed E-state index contributed by atoms with van der Waals surface area (Å²) < 4.78 is 0. The van der Waals surface area contributed by atoms with E-state index in [1.54, 1.807) is 0 Å². The van der Waals surface area contributed by atoms with E-state index in [1.807, 2.05) is 11.9 Å². The third kappa shape index (κ3) is 5.69. The molecule has 2 heterocycles. The maximum atomic E-state index is 12.7. The van der Waals surface area contributed by atoms with Crippen LogP contribution in [0.4, 0.5) is 4.79 Å². The fraction of sp³-hybridized carbons (Fsp3) is 0.682. The second-order valence-corrected chi connectivity index (χ2v) is 8.42. The zero-order valence-electron chi connectivity index (χ0n) is 17.2. The van der Waals surface area contributed by atoms with Gasteiger partial charge in [0.2, 0.25) is 0 Å². The molecule has 2 saturated heterocycles. The molecule has 2 aliphatic rings. The summed E-state index contributed by atoms with van der Waals surface area (Å²) in [5.74, 6) is 0. The lowest BCUT2D eigenvalue weighted by atomic mass is 9.98. The number of carbonyl (C=O) groups is 1. The van der Waals surface area contributed by atoms with E-state index in [-0.39, 0.29) is 6.03 Å². The van der Waals surface area contributed by atoms with Crippen LogP contribution in [0.5, 0.6) is 0 Å². The molecule has 0 saturated carbocycles. The Morgan fingerprint density at radius 3 is 2.52 bits per heavy atom. The lowest BCUT2D eigenvalue weighted by Crippen LogP contribution is -2.53. The van der Waals surface area contributed by atoms with E-state index >= 15 is 0 Å². The van der Waals surface area contributed by atoms with Crippen molar-refractivity contribution in [2.75, 3.05) is 40.3 Å². The van der Waals surface area contributed by atoms with Crippen molar-refractivity contribution >= 4 is 6.03 Å². The molecule has 0 radical (unpaired) electrons. The molecule has 0 bridgehead atoms. The molecule has 2 atom stereocenters. The zero-order valence-corrected chi connectivity index (χ0v) is 17.2. The molecule has 2 aliphatic heterocycles. The Labute approximate surface area is 164 Å². The van der Waals surface area contributed by atoms with E-state index in [0.29, 0.717) is 18.1 Å². The number of hydrogen-bond acceptors (Lipinski definition) is 3. The molecule has 2 fully saturated rings. The SMILES string of the molecule is CC1CC(N(C)C(=O)NC2CCN(CCc3ccccc3)CC2)CCN1C. The van der Waals surface area contributed by atoms with Crippen LogP contribution in [0.25, 0.3) is 0 Å². The van der Waals surface area contributed by atoms with Crippen molar-refractivity contribution in [1.82, 2.24) is 20.0 Å². The molecule has 1 N–H and O–H groups in total. The highest BCUT2D eigenvalue weighted by molar-refractivity contribution is 5.74. The molecular weight excluding hydrogens is 336 g/mol. The van der Waals surface area contributed by atoms with E-state index in [4.69, 9.17) is 0 Å². The molecule has 0 aromatic heterocycles. The molecule has 5 heteroatoms. The molecule has 1 aromatic carbocycles. The van der Waals surface area contributed by atoms with Gasteiger partial charge in [0.05, 0.1) is 0 Å². The summed E-state index contributed by atoms with van der Waals surface area (Å²) in [5.41, 5.74) is 1.40. The number of nitrogens with zero attached hydrogens (tertiary/aromatic N) is 3. The van der Waals surface area contributed by atoms with Crippen LogP contribution in [0, 0.1) is 0 Å². The summed E-state index contributed by atoms with van der Waals surface area (Å²) in [6.07, 6.45) is 5.35. The second kappa shape index (κ2) is 9.56. The van der Waals surface area contributed by atoms with E-state index in [0.717, 1.165) is 58.3 Å². The Morgan fingerprint density at radius 1 is 1.15 bits per heavy atom. The number of piperidine rings is 2. The number of benzene rings is 1. The van der Waals surface area contributed by atoms with Crippen LogP contribution in [0.2, 0.25) is 0 Å². The summed E-state index contributed by atoms with van der Waals surface area (Å²) in [5, 5.41) is 3.28. The average molecular weight is 373 g/mol. The van der Waals surface area contributed by atoms with Crippen LogP contribution in [0.15, 0.2) is 30.3 Å². The molecule has 5 nitrogen and oxygen atoms in total. The smallest absolute Gasteiger partial charge is 0.317 e. The van der Waals surface area contributed by atoms with Crippen molar-refractivity contribution in [3.8, 4) is 0 Å². The van der Waals surface area contributed by atoms with Gasteiger partial charge in [-0.1, -0.05) is 30.3 Å². The molecule has 0 spiro atoms. The lowest BCUT2D eigenvalue weighted by molar-refractivity contribution is 0.111. The first-order valence-electron chi connectivity index (χ1n) is 10.5. The minimum atomic E-state index is 0.111. The predicted octanol–water partition coefficient (Wildman–Crippen LogP) is 2.82. The number of urea groups is 1. The van der Waals surface area contributed by atoms with Gasteiger partial charge in [-0.3, -0.25) is 0 Å². The summed E-state index contributed by atoms with van der Waals surface area (Å²) in [4.78, 5) is 19.5. The van der Waals surface area contributed by atoms with E-state index < -0.39 is 0 Å². The van der Waals surface area contributed by atoms with Crippen molar-refractivity contribution in [2.24, 2.45) is 0 Å². The number of rotatable bonds is 5. The number of likely N-dealkylation sites (tertiary alicyclic amines) is 2. The van der Waals surface area contributed by atoms with E-state index in [2.05, 4.69) is 59.4 Å². The van der Waals surface area contributed by atoms with Crippen molar-refractivity contribution in [3.63, 3.8) is 0 Å². The number of hydrogen-bond donors (Lipinski definition) is 1. The van der Waals surface area contributed by atoms with Crippen LogP contribution in [0.1, 0.15) is 38.2 Å². The Balaban J connectivity index is 1.37. The van der Waals surface area contributed by atoms with Gasteiger partial charge in [-0.25, -0.2) is 4.79 Å². The van der Waals surface area contributed by atoms with Crippen molar-refractivity contribution in [3.05, 3.63) is 35.9 Å². The second-order valence-electron chi connectivity index (χ2n) is 8.42. The normalized spacial score (nSPS) is 25.3. The van der Waals surface area contributed by atoms with Gasteiger partial charge < -0.3 is 20.0 Å². The molecular formula is C22H36N4O. The Bertz CT molecular complexity index is 585. The largest absolute Gasteiger partial charge is 0.335 e. The highest BCUT2D eigenvalue weighted by atomic mass is 16.2. The molecule has 1 aromatic rings. The van der Waals surface area contributed by atoms with Crippen LogP contribution < -0.4 is 5.32 Å². The van der Waals surface area contributed by atoms with Gasteiger partial charge in [-0.05, 0) is 51.6 Å². The maximum absolute atomic E-state index is 12.7. The van der Waals surface area contributed by atoms with Gasteiger partial charge in [-0.2, -0.15) is 0 Å². The lowest BCUT2D eigenvalue weighted by Gasteiger charge is -2.40. The van der Waals surface area contributed by atoms with Gasteiger partial charge >= 0.3 is 6.03 Å². The quantitative estimate of drug-likeness (QED) is 0.864. The Morgan fingerprint density at radius 2 is 1.85 bits per heavy atom. The average Bonchev–Trinajstić information content (AvgIpc) is 2.69. The summed E-state index contributed by atoms with van der Waals surface area (Å²) in [7, 11) is 4.14. The topological polar surface area (TPSA) is 38.8 Å². The summed E-state index contributed by atoms with van der Waals surface area (Å²) >= 11 is 0. The van der Waals surface area contributed by atoms with E-state index in [1.165, 1.54) is 5.56 Å². The number of nitrogens with one attached hydrogen (secondary N) is 1. The minimum absolute atomic E-state index is 0.111. The fourth-order valence-corrected chi connectivity index (χ4v) is 4.29. The van der Waals surface area contributed by atoms with Gasteiger partial charge in [0.1, 0.15) is 0 Å². The minimum Gasteiger partial charge on any atom is -0.335 e. The third-order valence-corrected chi connectivity index (χ3v) is 6.52. The predicted molar refractivity (Wildman–Crippen MR) is 111 cm³/mol. The highest BCUT2D eigenvalue weighted by Gasteiger charge is 2.29. The molecule has 0 aliphatic carbocycles. The van der Waals surface area contributed by atoms with Gasteiger partial charge in [0.15, 0.2) is 0 Å². The molecule has 2 unspecified atom stereocenters. The van der Waals surface area contributed by atoms with Gasteiger partial charge in [-0.15, -0.1) is 0 Å². The Kier molecular flexibility index (Phi) is 7.13. The molecule has 2 amide bonds.